The Hall–Kier alpha value is -0.920. The summed E-state index contributed by atoms with van der Waals surface area (Å²) in [5, 5.41) is 5.87. The van der Waals surface area contributed by atoms with Crippen LogP contribution in [0.15, 0.2) is 25.6 Å². The Morgan fingerprint density at radius 1 is 1.00 bits per heavy atom. The Bertz CT molecular complexity index is 58.9. The lowest BCUT2D eigenvalue weighted by molar-refractivity contribution is 0.769. The molecule has 0 amide bonds. The molecule has 0 aliphatic carbocycles. The summed E-state index contributed by atoms with van der Waals surface area (Å²) < 4.78 is 0. The molecule has 8 heavy (non-hydrogen) atoms. The normalized spacial score (nSPS) is 7.50. The minimum atomic E-state index is 0.898. The van der Waals surface area contributed by atoms with Gasteiger partial charge < -0.3 is 10.6 Å². The van der Waals surface area contributed by atoms with E-state index in [-0.39, 0.29) is 0 Å². The highest BCUT2D eigenvalue weighted by molar-refractivity contribution is 4.67. The van der Waals surface area contributed by atoms with Gasteiger partial charge in [-0.2, -0.15) is 0 Å². The largest absolute Gasteiger partial charge is 0.390 e. The molecular weight excluding hydrogens is 100 g/mol. The van der Waals surface area contributed by atoms with E-state index in [1.54, 1.807) is 12.4 Å². The van der Waals surface area contributed by atoms with Crippen molar-refractivity contribution in [3.8, 4) is 0 Å². The molecule has 0 unspecified atom stereocenters. The van der Waals surface area contributed by atoms with Crippen molar-refractivity contribution >= 4 is 0 Å². The van der Waals surface area contributed by atoms with Crippen molar-refractivity contribution in [1.82, 2.24) is 10.6 Å². The third-order valence-electron chi connectivity index (χ3n) is 0.702. The van der Waals surface area contributed by atoms with Crippen LogP contribution >= 0.6 is 0 Å². The van der Waals surface area contributed by atoms with E-state index in [0.717, 1.165) is 13.1 Å². The van der Waals surface area contributed by atoms with Gasteiger partial charge in [0.1, 0.15) is 0 Å². The van der Waals surface area contributed by atoms with Gasteiger partial charge in [-0.3, -0.25) is 0 Å². The van der Waals surface area contributed by atoms with Crippen LogP contribution in [0.25, 0.3) is 0 Å². The van der Waals surface area contributed by atoms with Crippen LogP contribution in [0, 0.1) is 0 Å². The molecule has 2 heteroatoms. The van der Waals surface area contributed by atoms with Crippen LogP contribution < -0.4 is 10.6 Å². The predicted octanol–water partition coefficient (Wildman–Crippen LogP) is 0.453. The summed E-state index contributed by atoms with van der Waals surface area (Å²) in [6, 6.07) is 0. The molecule has 0 aromatic heterocycles. The van der Waals surface area contributed by atoms with Crippen molar-refractivity contribution in [3.63, 3.8) is 0 Å². The zero-order valence-corrected chi connectivity index (χ0v) is 4.98. The third-order valence-corrected chi connectivity index (χ3v) is 0.702. The number of nitrogens with one attached hydrogen (secondary N) is 2. The zero-order valence-electron chi connectivity index (χ0n) is 4.98. The first-order valence-corrected chi connectivity index (χ1v) is 2.60. The molecule has 0 aliphatic heterocycles. The second-order valence-electron chi connectivity index (χ2n) is 1.32. The van der Waals surface area contributed by atoms with E-state index in [2.05, 4.69) is 23.8 Å². The average Bonchev–Trinajstić information content (AvgIpc) is 1.81. The van der Waals surface area contributed by atoms with Crippen LogP contribution in [0.3, 0.4) is 0 Å². The Kier molecular flexibility index (Phi) is 5.38. The second-order valence-corrected chi connectivity index (χ2v) is 1.32. The number of rotatable bonds is 5. The summed E-state index contributed by atoms with van der Waals surface area (Å²) in [7, 11) is 0. The van der Waals surface area contributed by atoms with Crippen molar-refractivity contribution < 1.29 is 0 Å². The van der Waals surface area contributed by atoms with Gasteiger partial charge in [0.2, 0.25) is 0 Å². The molecule has 2 nitrogen and oxygen atoms in total. The van der Waals surface area contributed by atoms with Crippen molar-refractivity contribution in [2.75, 3.05) is 13.1 Å². The highest BCUT2D eigenvalue weighted by atomic mass is 14.9. The highest BCUT2D eigenvalue weighted by Gasteiger charge is 1.73. The lowest BCUT2D eigenvalue weighted by Crippen LogP contribution is -2.19. The van der Waals surface area contributed by atoms with Crippen LogP contribution in [0.1, 0.15) is 0 Å². The number of hydrogen-bond donors (Lipinski definition) is 2. The molecule has 0 spiro atoms. The van der Waals surface area contributed by atoms with Crippen molar-refractivity contribution in [3.05, 3.63) is 25.6 Å². The van der Waals surface area contributed by atoms with E-state index >= 15 is 0 Å². The molecule has 0 heterocycles. The Balaban J connectivity index is 2.71. The molecular formula is C6H12N2. The molecule has 2 N–H and O–H groups in total. The summed E-state index contributed by atoms with van der Waals surface area (Å²) >= 11 is 0. The van der Waals surface area contributed by atoms with Crippen molar-refractivity contribution in [2.45, 2.75) is 0 Å². The maximum Gasteiger partial charge on any atom is 0.0314 e. The summed E-state index contributed by atoms with van der Waals surface area (Å²) in [5.74, 6) is 0. The van der Waals surface area contributed by atoms with E-state index < -0.39 is 0 Å². The topological polar surface area (TPSA) is 24.1 Å². The maximum atomic E-state index is 3.49. The monoisotopic (exact) mass is 112 g/mol. The van der Waals surface area contributed by atoms with E-state index in [1.807, 2.05) is 0 Å². The minimum Gasteiger partial charge on any atom is -0.390 e. The van der Waals surface area contributed by atoms with Crippen LogP contribution in [0.5, 0.6) is 0 Å². The van der Waals surface area contributed by atoms with Gasteiger partial charge in [0.25, 0.3) is 0 Å². The SMILES string of the molecule is C=CNCCNC=C. The van der Waals surface area contributed by atoms with Crippen molar-refractivity contribution in [2.24, 2.45) is 0 Å². The summed E-state index contributed by atoms with van der Waals surface area (Å²) in [4.78, 5) is 0. The molecule has 0 radical (unpaired) electrons. The fraction of sp³-hybridized carbons (Fsp3) is 0.333. The van der Waals surface area contributed by atoms with E-state index in [9.17, 15) is 0 Å². The molecule has 0 saturated heterocycles. The Morgan fingerprint density at radius 3 is 1.62 bits per heavy atom. The fourth-order valence-corrected chi connectivity index (χ4v) is 0.348. The van der Waals surface area contributed by atoms with Crippen LogP contribution in [0.2, 0.25) is 0 Å². The third kappa shape index (κ3) is 5.08. The van der Waals surface area contributed by atoms with Crippen LogP contribution in [0.4, 0.5) is 0 Å². The fourth-order valence-electron chi connectivity index (χ4n) is 0.348. The van der Waals surface area contributed by atoms with Crippen molar-refractivity contribution in [1.29, 1.82) is 0 Å². The van der Waals surface area contributed by atoms with E-state index in [1.165, 1.54) is 0 Å². The first-order valence-electron chi connectivity index (χ1n) is 2.60. The Labute approximate surface area is 50.3 Å². The predicted molar refractivity (Wildman–Crippen MR) is 36.4 cm³/mol. The lowest BCUT2D eigenvalue weighted by atomic mass is 10.6. The second kappa shape index (κ2) is 6.08. The molecule has 46 valence electrons. The Morgan fingerprint density at radius 2 is 1.38 bits per heavy atom. The molecule has 0 rings (SSSR count). The standard InChI is InChI=1S/C6H12N2/c1-3-7-5-6-8-4-2/h3-4,7-8H,1-2,5-6H2. The van der Waals surface area contributed by atoms with Gasteiger partial charge in [-0.25, -0.2) is 0 Å². The number of hydrogen-bond acceptors (Lipinski definition) is 2. The van der Waals surface area contributed by atoms with Gasteiger partial charge in [-0.15, -0.1) is 0 Å². The summed E-state index contributed by atoms with van der Waals surface area (Å²) in [6.07, 6.45) is 3.34. The van der Waals surface area contributed by atoms with Gasteiger partial charge in [-0.1, -0.05) is 13.2 Å². The van der Waals surface area contributed by atoms with Crippen LogP contribution in [-0.2, 0) is 0 Å². The van der Waals surface area contributed by atoms with Gasteiger partial charge in [-0.05, 0) is 12.4 Å². The molecule has 0 fully saturated rings. The molecule has 0 bridgehead atoms. The van der Waals surface area contributed by atoms with Gasteiger partial charge in [0.05, 0.1) is 0 Å². The smallest absolute Gasteiger partial charge is 0.0314 e. The lowest BCUT2D eigenvalue weighted by Gasteiger charge is -1.97. The molecule has 0 atom stereocenters. The average molecular weight is 112 g/mol. The zero-order chi connectivity index (χ0) is 6.24. The van der Waals surface area contributed by atoms with Gasteiger partial charge >= 0.3 is 0 Å². The summed E-state index contributed by atoms with van der Waals surface area (Å²) in [6.45, 7) is 8.78. The quantitative estimate of drug-likeness (QED) is 0.505. The first-order chi connectivity index (χ1) is 3.91. The molecule has 0 aliphatic rings. The molecule has 0 saturated carbocycles. The molecule has 0 aromatic carbocycles. The van der Waals surface area contributed by atoms with E-state index in [4.69, 9.17) is 0 Å². The van der Waals surface area contributed by atoms with Gasteiger partial charge in [0, 0.05) is 13.1 Å². The first kappa shape index (κ1) is 7.08. The highest BCUT2D eigenvalue weighted by Crippen LogP contribution is 1.56. The molecule has 0 aromatic rings. The maximum absolute atomic E-state index is 3.49. The van der Waals surface area contributed by atoms with E-state index in [0.29, 0.717) is 0 Å². The van der Waals surface area contributed by atoms with Gasteiger partial charge in [0.15, 0.2) is 0 Å². The van der Waals surface area contributed by atoms with Crippen LogP contribution in [-0.4, -0.2) is 13.1 Å². The minimum absolute atomic E-state index is 0.898. The summed E-state index contributed by atoms with van der Waals surface area (Å²) in [5.41, 5.74) is 0.